The highest BCUT2D eigenvalue weighted by molar-refractivity contribution is 7.70. The van der Waals surface area contributed by atoms with E-state index in [0.29, 0.717) is 17.6 Å². The zero-order chi connectivity index (χ0) is 32.4. The van der Waals surface area contributed by atoms with Crippen LogP contribution in [0.5, 0.6) is 0 Å². The number of rotatable bonds is 9. The Morgan fingerprint density at radius 3 is 2.15 bits per heavy atom. The normalized spacial score (nSPS) is 12.2. The monoisotopic (exact) mass is 627 g/mol. The molecule has 0 unspecified atom stereocenters. The van der Waals surface area contributed by atoms with Gasteiger partial charge >= 0.3 is 5.97 Å². The molecule has 0 aliphatic heterocycles. The molecule has 6 aromatic rings. The summed E-state index contributed by atoms with van der Waals surface area (Å²) in [6.45, 7) is 5.82. The number of amides is 1. The molecule has 0 aliphatic carbocycles. The minimum Gasteiger partial charge on any atom is -0.478 e. The Hall–Kier alpha value is -5.26. The number of carboxylic acid groups (broad SMARTS) is 1. The largest absolute Gasteiger partial charge is 0.478 e. The van der Waals surface area contributed by atoms with Crippen molar-refractivity contribution in [3.05, 3.63) is 144 Å². The average Bonchev–Trinajstić information content (AvgIpc) is 3.47. The molecule has 6 rings (SSSR count). The molecule has 0 radical (unpaired) electrons. The van der Waals surface area contributed by atoms with Crippen molar-refractivity contribution in [1.82, 2.24) is 15.1 Å². The number of hydrogen-bond donors (Lipinski definition) is 2. The molecule has 0 spiro atoms. The summed E-state index contributed by atoms with van der Waals surface area (Å²) in [5.74, 6) is -1.28. The van der Waals surface area contributed by atoms with E-state index in [9.17, 15) is 19.3 Å². The Labute approximate surface area is 267 Å². The summed E-state index contributed by atoms with van der Waals surface area (Å²) >= 11 is 0. The molecule has 0 saturated carbocycles. The number of aromatic carboxylic acids is 1. The number of nitrogens with zero attached hydrogens (tertiary/aromatic N) is 2. The van der Waals surface area contributed by atoms with E-state index in [1.54, 1.807) is 31.7 Å². The van der Waals surface area contributed by atoms with Crippen molar-refractivity contribution in [2.45, 2.75) is 19.5 Å². The molecular formula is C38H34N3O4P. The maximum atomic E-state index is 14.0. The maximum absolute atomic E-state index is 14.0. The summed E-state index contributed by atoms with van der Waals surface area (Å²) in [5, 5.41) is 18.7. The molecule has 8 heteroatoms. The van der Waals surface area contributed by atoms with Gasteiger partial charge < -0.3 is 15.0 Å². The first-order valence-corrected chi connectivity index (χ1v) is 17.6. The van der Waals surface area contributed by atoms with Crippen molar-refractivity contribution in [2.24, 2.45) is 0 Å². The van der Waals surface area contributed by atoms with Crippen molar-refractivity contribution < 1.29 is 19.3 Å². The van der Waals surface area contributed by atoms with E-state index in [2.05, 4.69) is 41.7 Å². The fourth-order valence-electron chi connectivity index (χ4n) is 5.59. The summed E-state index contributed by atoms with van der Waals surface area (Å²) in [7, 11) is -2.50. The fraction of sp³-hybridized carbons (Fsp3) is 0.132. The van der Waals surface area contributed by atoms with Crippen molar-refractivity contribution in [2.75, 3.05) is 13.3 Å². The van der Waals surface area contributed by atoms with Crippen LogP contribution in [-0.2, 0) is 11.1 Å². The van der Waals surface area contributed by atoms with Crippen LogP contribution >= 0.6 is 7.14 Å². The predicted octanol–water partition coefficient (Wildman–Crippen LogP) is 7.86. The Morgan fingerprint density at radius 2 is 1.48 bits per heavy atom. The third kappa shape index (κ3) is 6.56. The molecule has 230 valence electrons. The Kier molecular flexibility index (Phi) is 8.44. The quantitative estimate of drug-likeness (QED) is 0.159. The van der Waals surface area contributed by atoms with E-state index in [1.807, 2.05) is 66.2 Å². The van der Waals surface area contributed by atoms with Crippen molar-refractivity contribution in [1.29, 1.82) is 0 Å². The van der Waals surface area contributed by atoms with E-state index >= 15 is 0 Å². The van der Waals surface area contributed by atoms with Gasteiger partial charge in [0.05, 0.1) is 35.4 Å². The molecule has 1 heterocycles. The Balaban J connectivity index is 1.38. The Morgan fingerprint density at radius 1 is 0.804 bits per heavy atom. The fourth-order valence-corrected chi connectivity index (χ4v) is 6.49. The number of benzene rings is 5. The van der Waals surface area contributed by atoms with Gasteiger partial charge in [-0.1, -0.05) is 84.9 Å². The number of carbonyl (C=O) groups excluding carboxylic acids is 1. The molecule has 0 fully saturated rings. The zero-order valence-corrected chi connectivity index (χ0v) is 26.7. The van der Waals surface area contributed by atoms with Crippen LogP contribution < -0.4 is 10.6 Å². The third-order valence-electron chi connectivity index (χ3n) is 8.18. The third-order valence-corrected chi connectivity index (χ3v) is 9.70. The highest BCUT2D eigenvalue weighted by Crippen LogP contribution is 2.36. The number of hydrogen-bond acceptors (Lipinski definition) is 4. The first-order valence-electron chi connectivity index (χ1n) is 15.0. The zero-order valence-electron chi connectivity index (χ0n) is 25.8. The van der Waals surface area contributed by atoms with Crippen LogP contribution in [0.25, 0.3) is 33.2 Å². The first-order chi connectivity index (χ1) is 22.1. The average molecular weight is 628 g/mol. The molecule has 1 amide bonds. The SMILES string of the molecule is C[C@H](NC(=O)c1cc(-c2cccc(P(C)(C)=O)c2)cc2cnn(Cc3ccc(-c4ccccc4)cc3)c12)c1ccc(C(=O)O)cc1. The van der Waals surface area contributed by atoms with Gasteiger partial charge in [0.2, 0.25) is 0 Å². The summed E-state index contributed by atoms with van der Waals surface area (Å²) in [4.78, 5) is 25.4. The van der Waals surface area contributed by atoms with Crippen LogP contribution in [0, 0.1) is 0 Å². The highest BCUT2D eigenvalue weighted by atomic mass is 31.2. The van der Waals surface area contributed by atoms with Gasteiger partial charge in [0, 0.05) is 10.7 Å². The maximum Gasteiger partial charge on any atom is 0.335 e. The van der Waals surface area contributed by atoms with E-state index in [0.717, 1.165) is 44.1 Å². The number of nitrogens with one attached hydrogen (secondary N) is 1. The van der Waals surface area contributed by atoms with Crippen molar-refractivity contribution in [3.8, 4) is 22.3 Å². The van der Waals surface area contributed by atoms with Gasteiger partial charge in [0.1, 0.15) is 7.14 Å². The molecule has 0 aliphatic rings. The second kappa shape index (κ2) is 12.6. The van der Waals surface area contributed by atoms with Gasteiger partial charge in [-0.2, -0.15) is 5.10 Å². The smallest absolute Gasteiger partial charge is 0.335 e. The van der Waals surface area contributed by atoms with Gasteiger partial charge in [-0.25, -0.2) is 4.79 Å². The lowest BCUT2D eigenvalue weighted by molar-refractivity contribution is 0.0696. The van der Waals surface area contributed by atoms with Crippen molar-refractivity contribution >= 4 is 35.2 Å². The summed E-state index contributed by atoms with van der Waals surface area (Å²) in [6, 6.07) is 36.1. The lowest BCUT2D eigenvalue weighted by Gasteiger charge is -2.17. The minimum atomic E-state index is -2.50. The van der Waals surface area contributed by atoms with E-state index in [1.165, 1.54) is 12.1 Å². The van der Waals surface area contributed by atoms with Crippen LogP contribution in [0.3, 0.4) is 0 Å². The Bertz CT molecular complexity index is 2100. The molecule has 46 heavy (non-hydrogen) atoms. The van der Waals surface area contributed by atoms with Crippen LogP contribution in [-0.4, -0.2) is 40.1 Å². The molecule has 1 atom stereocenters. The second-order valence-electron chi connectivity index (χ2n) is 11.9. The number of fused-ring (bicyclic) bond motifs is 1. The molecule has 7 nitrogen and oxygen atoms in total. The number of carbonyl (C=O) groups is 2. The first kappa shape index (κ1) is 30.8. The van der Waals surface area contributed by atoms with E-state index in [4.69, 9.17) is 5.10 Å². The van der Waals surface area contributed by atoms with Crippen LogP contribution in [0.15, 0.2) is 121 Å². The lowest BCUT2D eigenvalue weighted by atomic mass is 9.99. The summed E-state index contributed by atoms with van der Waals surface area (Å²) < 4.78 is 14.7. The highest BCUT2D eigenvalue weighted by Gasteiger charge is 2.21. The summed E-state index contributed by atoms with van der Waals surface area (Å²) in [6.07, 6.45) is 1.77. The van der Waals surface area contributed by atoms with Gasteiger partial charge in [0.15, 0.2) is 0 Å². The summed E-state index contributed by atoms with van der Waals surface area (Å²) in [5.41, 5.74) is 7.11. The number of carboxylic acids is 1. The number of aromatic nitrogens is 2. The van der Waals surface area contributed by atoms with E-state index < -0.39 is 13.1 Å². The second-order valence-corrected chi connectivity index (χ2v) is 15.1. The lowest BCUT2D eigenvalue weighted by Crippen LogP contribution is -2.27. The minimum absolute atomic E-state index is 0.184. The van der Waals surface area contributed by atoms with Gasteiger partial charge in [-0.3, -0.25) is 9.48 Å². The standard InChI is InChI=1S/C38H34N3O4P/c1-25(27-16-18-30(19-17-27)38(43)44)40-37(42)35-22-32(31-10-7-11-34(21-31)46(2,3)45)20-33-23-39-41(36(33)35)24-26-12-14-29(15-13-26)28-8-5-4-6-9-28/h4-23,25H,24H2,1-3H3,(H,40,42)(H,43,44)/t25-/m0/s1. The topological polar surface area (TPSA) is 101 Å². The van der Waals surface area contributed by atoms with Crippen LogP contribution in [0.1, 0.15) is 44.8 Å². The molecular weight excluding hydrogens is 593 g/mol. The molecule has 0 bridgehead atoms. The molecule has 1 aromatic heterocycles. The van der Waals surface area contributed by atoms with E-state index in [-0.39, 0.29) is 17.5 Å². The van der Waals surface area contributed by atoms with Crippen LogP contribution in [0.2, 0.25) is 0 Å². The molecule has 0 saturated heterocycles. The molecule has 5 aromatic carbocycles. The van der Waals surface area contributed by atoms with Gasteiger partial charge in [-0.15, -0.1) is 0 Å². The predicted molar refractivity (Wildman–Crippen MR) is 185 cm³/mol. The van der Waals surface area contributed by atoms with Crippen molar-refractivity contribution in [3.63, 3.8) is 0 Å². The molecule has 2 N–H and O–H groups in total. The van der Waals surface area contributed by atoms with Gasteiger partial charge in [0.25, 0.3) is 5.91 Å². The van der Waals surface area contributed by atoms with Gasteiger partial charge in [-0.05, 0) is 84.0 Å². The van der Waals surface area contributed by atoms with Crippen LogP contribution in [0.4, 0.5) is 0 Å².